The Morgan fingerprint density at radius 2 is 2.29 bits per heavy atom. The summed E-state index contributed by atoms with van der Waals surface area (Å²) in [6, 6.07) is 0. The molecule has 0 saturated carbocycles. The molecule has 0 aromatic rings. The number of hydrogen-bond donors (Lipinski definition) is 2. The van der Waals surface area contributed by atoms with Crippen LogP contribution in [-0.4, -0.2) is 45.4 Å². The van der Waals surface area contributed by atoms with Crippen LogP contribution in [0.25, 0.3) is 0 Å². The third-order valence-corrected chi connectivity index (χ3v) is 1.78. The van der Waals surface area contributed by atoms with E-state index in [4.69, 9.17) is 15.2 Å². The largest absolute Gasteiger partial charge is 0.380 e. The lowest BCUT2D eigenvalue weighted by Gasteiger charge is -2.12. The molecule has 0 rings (SSSR count). The van der Waals surface area contributed by atoms with Gasteiger partial charge in [-0.2, -0.15) is 0 Å². The molecule has 1 atom stereocenters. The van der Waals surface area contributed by atoms with Crippen molar-refractivity contribution in [1.29, 1.82) is 0 Å². The standard InChI is InChI=1S/C9H20N2O3/c1-3-14-5-4-11-9(12)6-8(7-10)13-2/h8H,3-7,10H2,1-2H3,(H,11,12). The Labute approximate surface area is 84.9 Å². The van der Waals surface area contributed by atoms with Crippen LogP contribution in [0.3, 0.4) is 0 Å². The predicted molar refractivity (Wildman–Crippen MR) is 54.0 cm³/mol. The molecule has 0 aromatic heterocycles. The summed E-state index contributed by atoms with van der Waals surface area (Å²) in [6.45, 7) is 4.02. The number of ether oxygens (including phenoxy) is 2. The van der Waals surface area contributed by atoms with Crippen molar-refractivity contribution in [2.75, 3.05) is 33.4 Å². The lowest BCUT2D eigenvalue weighted by atomic mass is 10.2. The third-order valence-electron chi connectivity index (χ3n) is 1.78. The first-order valence-electron chi connectivity index (χ1n) is 4.81. The lowest BCUT2D eigenvalue weighted by molar-refractivity contribution is -0.123. The SMILES string of the molecule is CCOCCNC(=O)CC(CN)OC. The molecule has 0 aliphatic heterocycles. The van der Waals surface area contributed by atoms with Gasteiger partial charge in [0.15, 0.2) is 0 Å². The Balaban J connectivity index is 3.44. The molecule has 0 aliphatic carbocycles. The maximum atomic E-state index is 11.2. The van der Waals surface area contributed by atoms with E-state index in [1.165, 1.54) is 0 Å². The molecule has 0 saturated heterocycles. The van der Waals surface area contributed by atoms with Crippen LogP contribution in [0.5, 0.6) is 0 Å². The van der Waals surface area contributed by atoms with Crippen LogP contribution in [-0.2, 0) is 14.3 Å². The molecule has 1 amide bonds. The van der Waals surface area contributed by atoms with Crippen molar-refractivity contribution in [1.82, 2.24) is 5.32 Å². The zero-order valence-corrected chi connectivity index (χ0v) is 8.91. The molecule has 3 N–H and O–H groups in total. The first-order valence-corrected chi connectivity index (χ1v) is 4.81. The monoisotopic (exact) mass is 204 g/mol. The molecular weight excluding hydrogens is 184 g/mol. The van der Waals surface area contributed by atoms with Crippen molar-refractivity contribution >= 4 is 5.91 Å². The molecule has 0 spiro atoms. The summed E-state index contributed by atoms with van der Waals surface area (Å²) in [7, 11) is 1.55. The van der Waals surface area contributed by atoms with Gasteiger partial charge in [-0.1, -0.05) is 0 Å². The quantitative estimate of drug-likeness (QED) is 0.523. The average molecular weight is 204 g/mol. The molecule has 5 nitrogen and oxygen atoms in total. The van der Waals surface area contributed by atoms with Crippen LogP contribution in [0.1, 0.15) is 13.3 Å². The molecule has 0 fully saturated rings. The van der Waals surface area contributed by atoms with Crippen molar-refractivity contribution < 1.29 is 14.3 Å². The maximum absolute atomic E-state index is 11.2. The highest BCUT2D eigenvalue weighted by atomic mass is 16.5. The first kappa shape index (κ1) is 13.4. The number of hydrogen-bond acceptors (Lipinski definition) is 4. The second-order valence-electron chi connectivity index (χ2n) is 2.84. The first-order chi connectivity index (χ1) is 6.74. The summed E-state index contributed by atoms with van der Waals surface area (Å²) in [6.07, 6.45) is 0.112. The number of nitrogens with one attached hydrogen (secondary N) is 1. The summed E-state index contributed by atoms with van der Waals surface area (Å²) in [5, 5.41) is 2.72. The van der Waals surface area contributed by atoms with Crippen molar-refractivity contribution in [3.05, 3.63) is 0 Å². The molecule has 1 unspecified atom stereocenters. The van der Waals surface area contributed by atoms with Gasteiger partial charge in [0.2, 0.25) is 5.91 Å². The van der Waals surface area contributed by atoms with E-state index in [0.29, 0.717) is 32.7 Å². The Morgan fingerprint density at radius 3 is 2.79 bits per heavy atom. The normalized spacial score (nSPS) is 12.5. The van der Waals surface area contributed by atoms with Gasteiger partial charge in [-0.05, 0) is 6.92 Å². The van der Waals surface area contributed by atoms with Gasteiger partial charge in [0.1, 0.15) is 0 Å². The molecular formula is C9H20N2O3. The zero-order valence-electron chi connectivity index (χ0n) is 8.91. The second-order valence-corrected chi connectivity index (χ2v) is 2.84. The van der Waals surface area contributed by atoms with Crippen LogP contribution in [0.2, 0.25) is 0 Å². The highest BCUT2D eigenvalue weighted by Crippen LogP contribution is 1.93. The van der Waals surface area contributed by atoms with E-state index in [1.807, 2.05) is 6.92 Å². The fourth-order valence-corrected chi connectivity index (χ4v) is 0.949. The van der Waals surface area contributed by atoms with Crippen molar-refractivity contribution in [3.8, 4) is 0 Å². The Bertz CT molecular complexity index is 149. The predicted octanol–water partition coefficient (Wildman–Crippen LogP) is -0.497. The Hall–Kier alpha value is -0.650. The number of rotatable bonds is 8. The fourth-order valence-electron chi connectivity index (χ4n) is 0.949. The minimum Gasteiger partial charge on any atom is -0.380 e. The van der Waals surface area contributed by atoms with E-state index in [2.05, 4.69) is 5.32 Å². The summed E-state index contributed by atoms with van der Waals surface area (Å²) in [5.41, 5.74) is 5.38. The van der Waals surface area contributed by atoms with Crippen molar-refractivity contribution in [2.45, 2.75) is 19.4 Å². The van der Waals surface area contributed by atoms with E-state index in [-0.39, 0.29) is 12.0 Å². The lowest BCUT2D eigenvalue weighted by Crippen LogP contribution is -2.33. The average Bonchev–Trinajstić information content (AvgIpc) is 2.21. The van der Waals surface area contributed by atoms with Gasteiger partial charge in [-0.3, -0.25) is 4.79 Å². The van der Waals surface area contributed by atoms with Gasteiger partial charge < -0.3 is 20.5 Å². The number of methoxy groups -OCH3 is 1. The van der Waals surface area contributed by atoms with Gasteiger partial charge in [0.25, 0.3) is 0 Å². The van der Waals surface area contributed by atoms with Crippen LogP contribution >= 0.6 is 0 Å². The maximum Gasteiger partial charge on any atom is 0.222 e. The van der Waals surface area contributed by atoms with Crippen LogP contribution in [0.15, 0.2) is 0 Å². The third kappa shape index (κ3) is 6.82. The molecule has 0 radical (unpaired) electrons. The van der Waals surface area contributed by atoms with Gasteiger partial charge in [-0.25, -0.2) is 0 Å². The van der Waals surface area contributed by atoms with Gasteiger partial charge in [-0.15, -0.1) is 0 Å². The minimum atomic E-state index is -0.193. The Kier molecular flexibility index (Phi) is 8.51. The van der Waals surface area contributed by atoms with Crippen LogP contribution in [0.4, 0.5) is 0 Å². The second kappa shape index (κ2) is 8.93. The van der Waals surface area contributed by atoms with Crippen molar-refractivity contribution in [2.24, 2.45) is 5.73 Å². The fraction of sp³-hybridized carbons (Fsp3) is 0.889. The molecule has 0 heterocycles. The highest BCUT2D eigenvalue weighted by Gasteiger charge is 2.10. The minimum absolute atomic E-state index is 0.0537. The van der Waals surface area contributed by atoms with Crippen LogP contribution < -0.4 is 11.1 Å². The van der Waals surface area contributed by atoms with Crippen LogP contribution in [0, 0.1) is 0 Å². The smallest absolute Gasteiger partial charge is 0.222 e. The number of amides is 1. The molecule has 0 bridgehead atoms. The summed E-state index contributed by atoms with van der Waals surface area (Å²) in [4.78, 5) is 11.2. The van der Waals surface area contributed by atoms with E-state index >= 15 is 0 Å². The topological polar surface area (TPSA) is 73.6 Å². The van der Waals surface area contributed by atoms with E-state index in [0.717, 1.165) is 0 Å². The number of carbonyl (C=O) groups excluding carboxylic acids is 1. The number of nitrogens with two attached hydrogens (primary N) is 1. The molecule has 0 aliphatic rings. The Morgan fingerprint density at radius 1 is 1.57 bits per heavy atom. The molecule has 14 heavy (non-hydrogen) atoms. The summed E-state index contributed by atoms with van der Waals surface area (Å²) in [5.74, 6) is -0.0537. The summed E-state index contributed by atoms with van der Waals surface area (Å²) >= 11 is 0. The highest BCUT2D eigenvalue weighted by molar-refractivity contribution is 5.76. The zero-order chi connectivity index (χ0) is 10.8. The van der Waals surface area contributed by atoms with E-state index in [9.17, 15) is 4.79 Å². The number of carbonyl (C=O) groups is 1. The van der Waals surface area contributed by atoms with Gasteiger partial charge >= 0.3 is 0 Å². The molecule has 0 aromatic carbocycles. The van der Waals surface area contributed by atoms with Gasteiger partial charge in [0, 0.05) is 26.8 Å². The van der Waals surface area contributed by atoms with E-state index in [1.54, 1.807) is 7.11 Å². The molecule has 5 heteroatoms. The van der Waals surface area contributed by atoms with E-state index < -0.39 is 0 Å². The van der Waals surface area contributed by atoms with Gasteiger partial charge in [0.05, 0.1) is 19.1 Å². The summed E-state index contributed by atoms with van der Waals surface area (Å²) < 4.78 is 10.1. The molecule has 84 valence electrons. The van der Waals surface area contributed by atoms with Crippen molar-refractivity contribution in [3.63, 3.8) is 0 Å².